The minimum Gasteiger partial charge on any atom is -0.383 e. The summed E-state index contributed by atoms with van der Waals surface area (Å²) in [5.41, 5.74) is 1.36. The number of rotatable bonds is 10. The molecule has 0 aromatic heterocycles. The molecule has 114 valence electrons. The highest BCUT2D eigenvalue weighted by molar-refractivity contribution is 9.10. The molecule has 0 saturated heterocycles. The lowest BCUT2D eigenvalue weighted by molar-refractivity contribution is 0.0941. The normalized spacial score (nSPS) is 14.2. The van der Waals surface area contributed by atoms with E-state index in [1.807, 2.05) is 0 Å². The van der Waals surface area contributed by atoms with E-state index >= 15 is 0 Å². The topological polar surface area (TPSA) is 30.5 Å². The van der Waals surface area contributed by atoms with Crippen molar-refractivity contribution in [2.75, 3.05) is 33.9 Å². The lowest BCUT2D eigenvalue weighted by Crippen LogP contribution is -2.29. The zero-order valence-corrected chi connectivity index (χ0v) is 14.3. The lowest BCUT2D eigenvalue weighted by Gasteiger charge is -2.21. The van der Waals surface area contributed by atoms with Crippen molar-refractivity contribution in [3.63, 3.8) is 0 Å². The third kappa shape index (κ3) is 6.84. The van der Waals surface area contributed by atoms with E-state index in [2.05, 4.69) is 52.4 Å². The van der Waals surface area contributed by atoms with Crippen LogP contribution in [0.3, 0.4) is 0 Å². The Balaban J connectivity index is 2.55. The molecule has 3 nitrogen and oxygen atoms in total. The maximum atomic E-state index is 5.41. The molecule has 1 N–H and O–H groups in total. The Morgan fingerprint density at radius 3 is 2.65 bits per heavy atom. The molecule has 1 aromatic carbocycles. The van der Waals surface area contributed by atoms with Crippen LogP contribution in [0.5, 0.6) is 0 Å². The number of nitrogens with one attached hydrogen (secondary N) is 1. The van der Waals surface area contributed by atoms with E-state index in [0.717, 1.165) is 32.5 Å². The molecule has 0 saturated carbocycles. The highest BCUT2D eigenvalue weighted by atomic mass is 79.9. The van der Waals surface area contributed by atoms with Crippen molar-refractivity contribution < 1.29 is 9.47 Å². The van der Waals surface area contributed by atoms with Crippen molar-refractivity contribution in [1.82, 2.24) is 5.32 Å². The Morgan fingerprint density at radius 1 is 1.25 bits per heavy atom. The Kier molecular flexibility index (Phi) is 9.10. The fourth-order valence-corrected chi connectivity index (χ4v) is 2.71. The number of benzene rings is 1. The Hall–Kier alpha value is -0.420. The third-order valence-corrected chi connectivity index (χ3v) is 4.22. The molecule has 0 radical (unpaired) electrons. The highest BCUT2D eigenvalue weighted by Gasteiger charge is 2.14. The van der Waals surface area contributed by atoms with E-state index in [4.69, 9.17) is 9.47 Å². The molecule has 0 fully saturated rings. The van der Waals surface area contributed by atoms with Crippen LogP contribution in [-0.2, 0) is 15.9 Å². The van der Waals surface area contributed by atoms with Crippen molar-refractivity contribution in [3.05, 3.63) is 34.3 Å². The summed E-state index contributed by atoms with van der Waals surface area (Å²) in [6.07, 6.45) is 2.39. The van der Waals surface area contributed by atoms with Crippen molar-refractivity contribution in [2.45, 2.75) is 25.9 Å². The second-order valence-electron chi connectivity index (χ2n) is 5.14. The van der Waals surface area contributed by atoms with E-state index in [0.29, 0.717) is 5.92 Å². The van der Waals surface area contributed by atoms with E-state index < -0.39 is 0 Å². The monoisotopic (exact) mass is 343 g/mol. The summed E-state index contributed by atoms with van der Waals surface area (Å²) in [6, 6.07) is 8.43. The molecule has 2 atom stereocenters. The van der Waals surface area contributed by atoms with Gasteiger partial charge in [-0.05, 0) is 43.9 Å². The number of hydrogen-bond acceptors (Lipinski definition) is 3. The SMILES string of the molecule is COCCNCC(Cc1ccccc1Br)CC(C)OC. The fourth-order valence-electron chi connectivity index (χ4n) is 2.26. The van der Waals surface area contributed by atoms with Crippen LogP contribution < -0.4 is 5.32 Å². The Bertz CT molecular complexity index is 373. The summed E-state index contributed by atoms with van der Waals surface area (Å²) < 4.78 is 11.7. The van der Waals surface area contributed by atoms with Crippen molar-refractivity contribution in [2.24, 2.45) is 5.92 Å². The van der Waals surface area contributed by atoms with Gasteiger partial charge < -0.3 is 14.8 Å². The maximum Gasteiger partial charge on any atom is 0.0587 e. The number of ether oxygens (including phenoxy) is 2. The molecule has 1 rings (SSSR count). The second kappa shape index (κ2) is 10.3. The lowest BCUT2D eigenvalue weighted by atomic mass is 9.94. The molecule has 0 amide bonds. The highest BCUT2D eigenvalue weighted by Crippen LogP contribution is 2.22. The maximum absolute atomic E-state index is 5.41. The van der Waals surface area contributed by atoms with Gasteiger partial charge in [-0.1, -0.05) is 34.1 Å². The first kappa shape index (κ1) is 17.6. The zero-order chi connectivity index (χ0) is 14.8. The average Bonchev–Trinajstić information content (AvgIpc) is 2.45. The second-order valence-corrected chi connectivity index (χ2v) is 5.99. The summed E-state index contributed by atoms with van der Waals surface area (Å²) in [7, 11) is 3.51. The van der Waals surface area contributed by atoms with E-state index in [1.165, 1.54) is 10.0 Å². The molecule has 2 unspecified atom stereocenters. The zero-order valence-electron chi connectivity index (χ0n) is 12.7. The molecular weight excluding hydrogens is 318 g/mol. The molecule has 0 bridgehead atoms. The van der Waals surface area contributed by atoms with Gasteiger partial charge in [0.1, 0.15) is 0 Å². The predicted octanol–water partition coefficient (Wildman–Crippen LogP) is 3.27. The third-order valence-electron chi connectivity index (χ3n) is 3.45. The van der Waals surface area contributed by atoms with Crippen LogP contribution in [0.15, 0.2) is 28.7 Å². The van der Waals surface area contributed by atoms with E-state index in [9.17, 15) is 0 Å². The smallest absolute Gasteiger partial charge is 0.0587 e. The molecule has 0 aliphatic heterocycles. The van der Waals surface area contributed by atoms with Gasteiger partial charge in [0.15, 0.2) is 0 Å². The fraction of sp³-hybridized carbons (Fsp3) is 0.625. The van der Waals surface area contributed by atoms with Gasteiger partial charge in [0.25, 0.3) is 0 Å². The van der Waals surface area contributed by atoms with Gasteiger partial charge in [-0.15, -0.1) is 0 Å². The summed E-state index contributed by atoms with van der Waals surface area (Å²) >= 11 is 3.63. The van der Waals surface area contributed by atoms with Crippen molar-refractivity contribution in [3.8, 4) is 0 Å². The van der Waals surface area contributed by atoms with Crippen LogP contribution in [0, 0.1) is 5.92 Å². The van der Waals surface area contributed by atoms with Crippen LogP contribution in [0.2, 0.25) is 0 Å². The molecule has 1 aromatic rings. The van der Waals surface area contributed by atoms with Crippen LogP contribution in [0.25, 0.3) is 0 Å². The minimum absolute atomic E-state index is 0.284. The van der Waals surface area contributed by atoms with Gasteiger partial charge >= 0.3 is 0 Å². The minimum atomic E-state index is 0.284. The van der Waals surface area contributed by atoms with Crippen LogP contribution in [-0.4, -0.2) is 40.0 Å². The van der Waals surface area contributed by atoms with Gasteiger partial charge in [-0.3, -0.25) is 0 Å². The molecule has 0 spiro atoms. The average molecular weight is 344 g/mol. The van der Waals surface area contributed by atoms with Gasteiger partial charge in [-0.25, -0.2) is 0 Å². The predicted molar refractivity (Wildman–Crippen MR) is 87.2 cm³/mol. The van der Waals surface area contributed by atoms with Gasteiger partial charge in [0.2, 0.25) is 0 Å². The number of methoxy groups -OCH3 is 2. The quantitative estimate of drug-likeness (QED) is 0.661. The molecule has 0 aliphatic rings. The summed E-state index contributed by atoms with van der Waals surface area (Å²) in [5, 5.41) is 3.46. The van der Waals surface area contributed by atoms with Crippen LogP contribution >= 0.6 is 15.9 Å². The van der Waals surface area contributed by atoms with Gasteiger partial charge in [0, 0.05) is 25.2 Å². The first-order valence-corrected chi connectivity index (χ1v) is 7.92. The summed E-state index contributed by atoms with van der Waals surface area (Å²) in [5.74, 6) is 0.556. The van der Waals surface area contributed by atoms with E-state index in [1.54, 1.807) is 14.2 Å². The first-order valence-electron chi connectivity index (χ1n) is 7.13. The molecule has 0 heterocycles. The van der Waals surface area contributed by atoms with Crippen molar-refractivity contribution in [1.29, 1.82) is 0 Å². The number of halogens is 1. The molecule has 4 heteroatoms. The number of hydrogen-bond donors (Lipinski definition) is 1. The Labute approximate surface area is 131 Å². The molecule has 0 aliphatic carbocycles. The van der Waals surface area contributed by atoms with E-state index in [-0.39, 0.29) is 6.10 Å². The van der Waals surface area contributed by atoms with Gasteiger partial charge in [0.05, 0.1) is 12.7 Å². The standard InChI is InChI=1S/C16H26BrNO2/c1-13(20-3)10-14(12-18-8-9-19-2)11-15-6-4-5-7-16(15)17/h4-7,13-14,18H,8-12H2,1-3H3. The van der Waals surface area contributed by atoms with Crippen molar-refractivity contribution >= 4 is 15.9 Å². The van der Waals surface area contributed by atoms with Crippen LogP contribution in [0.1, 0.15) is 18.9 Å². The van der Waals surface area contributed by atoms with Crippen LogP contribution in [0.4, 0.5) is 0 Å². The molecular formula is C16H26BrNO2. The summed E-state index contributed by atoms with van der Waals surface area (Å²) in [6.45, 7) is 4.76. The molecule has 20 heavy (non-hydrogen) atoms. The van der Waals surface area contributed by atoms with Gasteiger partial charge in [-0.2, -0.15) is 0 Å². The Morgan fingerprint density at radius 2 is 2.00 bits per heavy atom. The first-order chi connectivity index (χ1) is 9.67. The summed E-state index contributed by atoms with van der Waals surface area (Å²) in [4.78, 5) is 0. The largest absolute Gasteiger partial charge is 0.383 e.